The van der Waals surface area contributed by atoms with Crippen molar-refractivity contribution in [2.24, 2.45) is 5.10 Å². The molecule has 3 aromatic carbocycles. The molecule has 0 fully saturated rings. The summed E-state index contributed by atoms with van der Waals surface area (Å²) in [4.78, 5) is 25.1. The smallest absolute Gasteiger partial charge is 0.345 e. The molecule has 0 atom stereocenters. The van der Waals surface area contributed by atoms with Crippen molar-refractivity contribution in [3.8, 4) is 5.75 Å². The largest absolute Gasteiger partial charge is 0.422 e. The third kappa shape index (κ3) is 9.60. The van der Waals surface area contributed by atoms with Crippen LogP contribution < -0.4 is 10.2 Å². The Labute approximate surface area is 231 Å². The van der Waals surface area contributed by atoms with E-state index in [0.717, 1.165) is 23.6 Å². The predicted molar refractivity (Wildman–Crippen MR) is 157 cm³/mol. The number of benzene rings is 3. The maximum absolute atomic E-state index is 12.8. The Balaban J connectivity index is 1.49. The Morgan fingerprint density at radius 1 is 0.816 bits per heavy atom. The number of carbonyl (C=O) groups is 2. The lowest BCUT2D eigenvalue weighted by Gasteiger charge is -2.11. The second-order valence-corrected chi connectivity index (χ2v) is 10.1. The van der Waals surface area contributed by atoms with E-state index in [1.165, 1.54) is 64.0 Å². The van der Waals surface area contributed by atoms with Crippen LogP contribution in [0.2, 0.25) is 5.02 Å². The van der Waals surface area contributed by atoms with Gasteiger partial charge in [0.05, 0.1) is 16.8 Å². The van der Waals surface area contributed by atoms with E-state index in [1.54, 1.807) is 30.3 Å². The van der Waals surface area contributed by atoms with Gasteiger partial charge >= 0.3 is 5.97 Å². The first-order chi connectivity index (χ1) is 18.6. The molecule has 0 saturated carbocycles. The van der Waals surface area contributed by atoms with Crippen LogP contribution in [0, 0.1) is 0 Å². The Kier molecular flexibility index (Phi) is 12.8. The number of halogens is 1. The van der Waals surface area contributed by atoms with Gasteiger partial charge in [-0.25, -0.2) is 10.2 Å². The molecule has 3 aromatic rings. The second kappa shape index (κ2) is 16.6. The van der Waals surface area contributed by atoms with Gasteiger partial charge in [0.2, 0.25) is 5.91 Å². The minimum atomic E-state index is -0.555. The Morgan fingerprint density at radius 2 is 1.45 bits per heavy atom. The molecule has 6 heteroatoms. The summed E-state index contributed by atoms with van der Waals surface area (Å²) in [6, 6.07) is 18.1. The highest BCUT2D eigenvalue weighted by molar-refractivity contribution is 6.33. The third-order valence-corrected chi connectivity index (χ3v) is 6.95. The van der Waals surface area contributed by atoms with Gasteiger partial charge in [-0.2, -0.15) is 5.10 Å². The monoisotopic (exact) mass is 534 g/mol. The minimum absolute atomic E-state index is 0.118. The number of amides is 1. The topological polar surface area (TPSA) is 67.8 Å². The van der Waals surface area contributed by atoms with E-state index in [2.05, 4.69) is 17.5 Å². The molecule has 38 heavy (non-hydrogen) atoms. The number of rotatable bonds is 16. The van der Waals surface area contributed by atoms with E-state index in [1.807, 2.05) is 30.3 Å². The van der Waals surface area contributed by atoms with Crippen molar-refractivity contribution in [1.82, 2.24) is 5.43 Å². The number of ether oxygens (including phenoxy) is 1. The highest BCUT2D eigenvalue weighted by Crippen LogP contribution is 2.28. The van der Waals surface area contributed by atoms with E-state index < -0.39 is 5.97 Å². The summed E-state index contributed by atoms with van der Waals surface area (Å²) in [5.74, 6) is -0.329. The van der Waals surface area contributed by atoms with Crippen LogP contribution in [0.15, 0.2) is 65.8 Å². The van der Waals surface area contributed by atoms with E-state index in [9.17, 15) is 9.59 Å². The van der Waals surface area contributed by atoms with Crippen LogP contribution in [0.25, 0.3) is 10.8 Å². The highest BCUT2D eigenvalue weighted by Gasteiger charge is 2.15. The second-order valence-electron chi connectivity index (χ2n) is 9.65. The highest BCUT2D eigenvalue weighted by atomic mass is 35.5. The zero-order valence-electron chi connectivity index (χ0n) is 22.4. The summed E-state index contributed by atoms with van der Waals surface area (Å²) in [6.07, 6.45) is 15.6. The van der Waals surface area contributed by atoms with Crippen molar-refractivity contribution in [2.45, 2.75) is 84.0 Å². The first-order valence-electron chi connectivity index (χ1n) is 13.9. The van der Waals surface area contributed by atoms with Crippen LogP contribution >= 0.6 is 11.6 Å². The summed E-state index contributed by atoms with van der Waals surface area (Å²) in [5, 5.41) is 6.33. The SMILES string of the molecule is CCCCCCCCCCCCCC(=O)N/N=C/c1c(OC(=O)c2ccccc2Cl)ccc2ccccc12. The van der Waals surface area contributed by atoms with Crippen LogP contribution in [-0.4, -0.2) is 18.1 Å². The van der Waals surface area contributed by atoms with Crippen LogP contribution in [0.1, 0.15) is 99.9 Å². The number of nitrogens with zero attached hydrogens (tertiary/aromatic N) is 1. The number of hydrogen-bond donors (Lipinski definition) is 1. The lowest BCUT2D eigenvalue weighted by atomic mass is 10.0. The zero-order valence-corrected chi connectivity index (χ0v) is 23.1. The van der Waals surface area contributed by atoms with Crippen LogP contribution in [-0.2, 0) is 4.79 Å². The molecule has 3 rings (SSSR count). The van der Waals surface area contributed by atoms with Gasteiger partial charge in [0.25, 0.3) is 0 Å². The average Bonchev–Trinajstić information content (AvgIpc) is 2.93. The fourth-order valence-corrected chi connectivity index (χ4v) is 4.67. The van der Waals surface area contributed by atoms with Gasteiger partial charge in [0.15, 0.2) is 0 Å². The lowest BCUT2D eigenvalue weighted by molar-refractivity contribution is -0.121. The Bertz CT molecular complexity index is 1210. The maximum Gasteiger partial charge on any atom is 0.345 e. The van der Waals surface area contributed by atoms with Gasteiger partial charge in [0.1, 0.15) is 5.75 Å². The van der Waals surface area contributed by atoms with Crippen molar-refractivity contribution in [3.63, 3.8) is 0 Å². The number of esters is 1. The molecule has 1 amide bonds. The first kappa shape index (κ1) is 29.4. The molecule has 0 radical (unpaired) electrons. The van der Waals surface area contributed by atoms with Crippen molar-refractivity contribution in [3.05, 3.63) is 76.8 Å². The molecule has 0 spiro atoms. The molecular formula is C32H39ClN2O3. The van der Waals surface area contributed by atoms with Crippen LogP contribution in [0.5, 0.6) is 5.75 Å². The van der Waals surface area contributed by atoms with E-state index in [0.29, 0.717) is 22.8 Å². The average molecular weight is 535 g/mol. The van der Waals surface area contributed by atoms with Gasteiger partial charge in [-0.15, -0.1) is 0 Å². The third-order valence-electron chi connectivity index (χ3n) is 6.62. The molecule has 0 unspecified atom stereocenters. The fourth-order valence-electron chi connectivity index (χ4n) is 4.45. The van der Waals surface area contributed by atoms with Crippen molar-refractivity contribution < 1.29 is 14.3 Å². The van der Waals surface area contributed by atoms with Gasteiger partial charge in [-0.1, -0.05) is 125 Å². The number of unbranched alkanes of at least 4 members (excludes halogenated alkanes) is 10. The van der Waals surface area contributed by atoms with Gasteiger partial charge in [-0.05, 0) is 35.4 Å². The molecule has 202 valence electrons. The Hall–Kier alpha value is -3.18. The number of hydrazone groups is 1. The number of hydrogen-bond acceptors (Lipinski definition) is 4. The number of fused-ring (bicyclic) bond motifs is 1. The van der Waals surface area contributed by atoms with Gasteiger partial charge in [0, 0.05) is 12.0 Å². The molecule has 1 N–H and O–H groups in total. The summed E-state index contributed by atoms with van der Waals surface area (Å²) in [5.41, 5.74) is 3.51. The minimum Gasteiger partial charge on any atom is -0.422 e. The van der Waals surface area contributed by atoms with Crippen molar-refractivity contribution in [2.75, 3.05) is 0 Å². The molecule has 0 heterocycles. The standard InChI is InChI=1S/C32H39ClN2O3/c1-2-3-4-5-6-7-8-9-10-11-12-21-31(36)35-34-24-28-26-18-14-13-17-25(26)22-23-30(28)38-32(37)27-19-15-16-20-29(27)33/h13-20,22-24H,2-12,21H2,1H3,(H,35,36)/b34-24+. The van der Waals surface area contributed by atoms with Crippen LogP contribution in [0.4, 0.5) is 0 Å². The fraction of sp³-hybridized carbons (Fsp3) is 0.406. The van der Waals surface area contributed by atoms with Crippen molar-refractivity contribution in [1.29, 1.82) is 0 Å². The number of carbonyl (C=O) groups excluding carboxylic acids is 2. The van der Waals surface area contributed by atoms with Gasteiger partial charge in [-0.3, -0.25) is 4.79 Å². The Morgan fingerprint density at radius 3 is 2.16 bits per heavy atom. The predicted octanol–water partition coefficient (Wildman–Crippen LogP) is 8.86. The molecule has 0 saturated heterocycles. The molecule has 0 aliphatic rings. The normalized spacial score (nSPS) is 11.2. The molecule has 0 aliphatic heterocycles. The summed E-state index contributed by atoms with van der Waals surface area (Å²) in [7, 11) is 0. The summed E-state index contributed by atoms with van der Waals surface area (Å²) in [6.45, 7) is 2.25. The maximum atomic E-state index is 12.8. The molecular weight excluding hydrogens is 496 g/mol. The van der Waals surface area contributed by atoms with E-state index in [-0.39, 0.29) is 11.5 Å². The van der Waals surface area contributed by atoms with Crippen LogP contribution in [0.3, 0.4) is 0 Å². The summed E-state index contributed by atoms with van der Waals surface area (Å²) >= 11 is 6.17. The molecule has 0 aromatic heterocycles. The number of nitrogens with one attached hydrogen (secondary N) is 1. The summed E-state index contributed by atoms with van der Waals surface area (Å²) < 4.78 is 5.69. The van der Waals surface area contributed by atoms with Crippen molar-refractivity contribution >= 4 is 40.5 Å². The van der Waals surface area contributed by atoms with E-state index in [4.69, 9.17) is 16.3 Å². The molecule has 5 nitrogen and oxygen atoms in total. The quantitative estimate of drug-likeness (QED) is 0.0655. The van der Waals surface area contributed by atoms with E-state index >= 15 is 0 Å². The lowest BCUT2D eigenvalue weighted by Crippen LogP contribution is -2.17. The molecule has 0 bridgehead atoms. The van der Waals surface area contributed by atoms with Gasteiger partial charge < -0.3 is 4.74 Å². The molecule has 0 aliphatic carbocycles. The first-order valence-corrected chi connectivity index (χ1v) is 14.3. The zero-order chi connectivity index (χ0) is 27.0.